The summed E-state index contributed by atoms with van der Waals surface area (Å²) in [6, 6.07) is 24.5. The van der Waals surface area contributed by atoms with Gasteiger partial charge >= 0.3 is 0 Å². The maximum absolute atomic E-state index is 2.72. The molecule has 3 aromatic rings. The van der Waals surface area contributed by atoms with Gasteiger partial charge in [-0.3, -0.25) is 0 Å². The summed E-state index contributed by atoms with van der Waals surface area (Å²) in [5.41, 5.74) is 1.42. The van der Waals surface area contributed by atoms with Crippen molar-refractivity contribution in [2.45, 2.75) is 0 Å². The van der Waals surface area contributed by atoms with Gasteiger partial charge in [0.25, 0.3) is 0 Å². The van der Waals surface area contributed by atoms with Crippen molar-refractivity contribution in [3.63, 3.8) is 0 Å². The summed E-state index contributed by atoms with van der Waals surface area (Å²) < 4.78 is 2.72. The average Bonchev–Trinajstić information content (AvgIpc) is 2.49. The van der Waals surface area contributed by atoms with Gasteiger partial charge in [-0.05, 0) is 33.3 Å². The minimum Gasteiger partial charge on any atom is -0.427 e. The standard InChI is InChI=1S/C16H15NSi2/c1-2-8-13(9-3-1)17-18-14-10-4-6-12-7-5-11-15(19-17)16(12)14/h1-11H,18-19H2. The molecule has 1 aliphatic heterocycles. The summed E-state index contributed by atoms with van der Waals surface area (Å²) in [5, 5.41) is 6.23. The number of hydrogen-bond donors (Lipinski definition) is 0. The van der Waals surface area contributed by atoms with Crippen LogP contribution in [-0.4, -0.2) is 19.4 Å². The molecule has 0 aliphatic carbocycles. The van der Waals surface area contributed by atoms with Crippen molar-refractivity contribution in [1.29, 1.82) is 0 Å². The molecule has 0 fully saturated rings. The quantitative estimate of drug-likeness (QED) is 0.594. The lowest BCUT2D eigenvalue weighted by Crippen LogP contribution is -2.50. The molecule has 1 aliphatic rings. The molecular weight excluding hydrogens is 262 g/mol. The van der Waals surface area contributed by atoms with Crippen LogP contribution in [0.25, 0.3) is 10.8 Å². The molecule has 0 unspecified atom stereocenters. The van der Waals surface area contributed by atoms with E-state index in [2.05, 4.69) is 71.0 Å². The number of para-hydroxylation sites is 1. The fourth-order valence-electron chi connectivity index (χ4n) is 3.05. The highest BCUT2D eigenvalue weighted by molar-refractivity contribution is 6.83. The zero-order valence-electron chi connectivity index (χ0n) is 10.7. The Kier molecular flexibility index (Phi) is 2.53. The highest BCUT2D eigenvalue weighted by atomic mass is 28.3. The van der Waals surface area contributed by atoms with E-state index >= 15 is 0 Å². The molecule has 0 bridgehead atoms. The summed E-state index contributed by atoms with van der Waals surface area (Å²) in [4.78, 5) is 0. The lowest BCUT2D eigenvalue weighted by Gasteiger charge is -2.31. The summed E-state index contributed by atoms with van der Waals surface area (Å²) in [6.45, 7) is 0. The Morgan fingerprint density at radius 3 is 1.89 bits per heavy atom. The fraction of sp³-hybridized carbons (Fsp3) is 0. The third-order valence-corrected chi connectivity index (χ3v) is 8.62. The van der Waals surface area contributed by atoms with Crippen LogP contribution < -0.4 is 14.6 Å². The lowest BCUT2D eigenvalue weighted by molar-refractivity contribution is 1.54. The maximum atomic E-state index is 2.72. The Morgan fingerprint density at radius 2 is 1.26 bits per heavy atom. The first-order valence-corrected chi connectivity index (χ1v) is 9.39. The van der Waals surface area contributed by atoms with Crippen molar-refractivity contribution in [3.8, 4) is 0 Å². The summed E-state index contributed by atoms with van der Waals surface area (Å²) in [6.07, 6.45) is 0. The molecule has 19 heavy (non-hydrogen) atoms. The van der Waals surface area contributed by atoms with E-state index in [1.807, 2.05) is 0 Å². The van der Waals surface area contributed by atoms with E-state index in [9.17, 15) is 0 Å². The number of nitrogens with zero attached hydrogens (tertiary/aromatic N) is 1. The third-order valence-electron chi connectivity index (χ3n) is 3.92. The van der Waals surface area contributed by atoms with E-state index in [1.54, 1.807) is 15.8 Å². The smallest absolute Gasteiger partial charge is 0.147 e. The van der Waals surface area contributed by atoms with Gasteiger partial charge in [0.05, 0.1) is 0 Å². The van der Waals surface area contributed by atoms with E-state index in [1.165, 1.54) is 11.1 Å². The molecule has 92 valence electrons. The van der Waals surface area contributed by atoms with Gasteiger partial charge in [-0.2, -0.15) is 0 Å². The van der Waals surface area contributed by atoms with Gasteiger partial charge in [0.1, 0.15) is 19.4 Å². The van der Waals surface area contributed by atoms with Crippen LogP contribution in [0.3, 0.4) is 0 Å². The van der Waals surface area contributed by atoms with Gasteiger partial charge in [-0.25, -0.2) is 0 Å². The van der Waals surface area contributed by atoms with Crippen molar-refractivity contribution < 1.29 is 0 Å². The van der Waals surface area contributed by atoms with Crippen molar-refractivity contribution in [1.82, 2.24) is 0 Å². The minimum atomic E-state index is -0.336. The van der Waals surface area contributed by atoms with Crippen LogP contribution in [0.1, 0.15) is 0 Å². The first-order valence-electron chi connectivity index (χ1n) is 6.71. The third kappa shape index (κ3) is 1.82. The monoisotopic (exact) mass is 277 g/mol. The van der Waals surface area contributed by atoms with Crippen molar-refractivity contribution in [2.24, 2.45) is 0 Å². The van der Waals surface area contributed by atoms with Gasteiger partial charge < -0.3 is 4.23 Å². The molecule has 0 N–H and O–H groups in total. The molecule has 0 saturated heterocycles. The van der Waals surface area contributed by atoms with Gasteiger partial charge in [0, 0.05) is 5.69 Å². The second-order valence-electron chi connectivity index (χ2n) is 5.12. The Bertz CT molecular complexity index is 699. The van der Waals surface area contributed by atoms with E-state index < -0.39 is 0 Å². The van der Waals surface area contributed by atoms with Crippen molar-refractivity contribution in [3.05, 3.63) is 66.7 Å². The highest BCUT2D eigenvalue weighted by Gasteiger charge is 2.18. The topological polar surface area (TPSA) is 3.24 Å². The predicted octanol–water partition coefficient (Wildman–Crippen LogP) is 0.778. The number of hydrogen-bond acceptors (Lipinski definition) is 1. The molecule has 3 heteroatoms. The second-order valence-corrected chi connectivity index (χ2v) is 9.70. The molecule has 0 saturated carbocycles. The molecule has 0 atom stereocenters. The molecule has 0 spiro atoms. The van der Waals surface area contributed by atoms with Crippen LogP contribution in [0.4, 0.5) is 5.69 Å². The van der Waals surface area contributed by atoms with E-state index in [0.717, 1.165) is 0 Å². The van der Waals surface area contributed by atoms with Crippen LogP contribution in [-0.2, 0) is 0 Å². The Balaban J connectivity index is 1.85. The van der Waals surface area contributed by atoms with E-state index in [-0.39, 0.29) is 19.4 Å². The van der Waals surface area contributed by atoms with Crippen LogP contribution >= 0.6 is 0 Å². The molecule has 1 nitrogen and oxygen atoms in total. The maximum Gasteiger partial charge on any atom is 0.147 e. The molecule has 4 rings (SSSR count). The zero-order valence-corrected chi connectivity index (χ0v) is 13.5. The number of anilines is 1. The Labute approximate surface area is 117 Å². The molecule has 0 amide bonds. The van der Waals surface area contributed by atoms with Crippen molar-refractivity contribution >= 4 is 46.2 Å². The minimum absolute atomic E-state index is 0.336. The number of rotatable bonds is 1. The van der Waals surface area contributed by atoms with Crippen LogP contribution in [0.15, 0.2) is 66.7 Å². The van der Waals surface area contributed by atoms with Crippen LogP contribution in [0.5, 0.6) is 0 Å². The molecule has 0 radical (unpaired) electrons. The van der Waals surface area contributed by atoms with Gasteiger partial charge in [0.2, 0.25) is 0 Å². The van der Waals surface area contributed by atoms with Gasteiger partial charge in [-0.15, -0.1) is 0 Å². The lowest BCUT2D eigenvalue weighted by atomic mass is 10.1. The Morgan fingerprint density at radius 1 is 0.632 bits per heavy atom. The first-order chi connectivity index (χ1) is 9.42. The summed E-state index contributed by atoms with van der Waals surface area (Å²) in [7, 11) is -0.671. The molecule has 3 aromatic carbocycles. The first kappa shape index (κ1) is 11.0. The van der Waals surface area contributed by atoms with Crippen LogP contribution in [0, 0.1) is 0 Å². The van der Waals surface area contributed by atoms with E-state index in [0.29, 0.717) is 0 Å². The second kappa shape index (κ2) is 4.36. The average molecular weight is 277 g/mol. The van der Waals surface area contributed by atoms with E-state index in [4.69, 9.17) is 0 Å². The SMILES string of the molecule is c1ccc(N2[SiH2]c3cccc4cccc(c34)[SiH2]2)cc1. The number of benzene rings is 3. The fourth-order valence-corrected chi connectivity index (χ4v) is 8.47. The molecular formula is C16H15NSi2. The van der Waals surface area contributed by atoms with Gasteiger partial charge in [0.15, 0.2) is 0 Å². The molecule has 1 heterocycles. The predicted molar refractivity (Wildman–Crippen MR) is 89.2 cm³/mol. The largest absolute Gasteiger partial charge is 0.427 e. The van der Waals surface area contributed by atoms with Crippen molar-refractivity contribution in [2.75, 3.05) is 4.23 Å². The Hall–Kier alpha value is -1.85. The van der Waals surface area contributed by atoms with Gasteiger partial charge in [-0.1, -0.05) is 54.6 Å². The summed E-state index contributed by atoms with van der Waals surface area (Å²) in [5.74, 6) is 0. The molecule has 0 aromatic heterocycles. The summed E-state index contributed by atoms with van der Waals surface area (Å²) >= 11 is 0. The zero-order chi connectivity index (χ0) is 12.7. The highest BCUT2D eigenvalue weighted by Crippen LogP contribution is 2.16. The normalized spacial score (nSPS) is 16.3. The van der Waals surface area contributed by atoms with Crippen LogP contribution in [0.2, 0.25) is 0 Å².